The van der Waals surface area contributed by atoms with Crippen LogP contribution in [0.25, 0.3) is 16.0 Å². The van der Waals surface area contributed by atoms with E-state index >= 15 is 0 Å². The van der Waals surface area contributed by atoms with Gasteiger partial charge in [0.2, 0.25) is 5.78 Å². The Hall–Kier alpha value is -8.69. The fourth-order valence-corrected chi connectivity index (χ4v) is 4.12. The van der Waals surface area contributed by atoms with E-state index in [1.54, 1.807) is 78.9 Å². The second-order valence-corrected chi connectivity index (χ2v) is 10.1. The van der Waals surface area contributed by atoms with Crippen molar-refractivity contribution in [2.75, 3.05) is 0 Å². The Labute approximate surface area is 310 Å². The smallest absolute Gasteiger partial charge is 0.311 e. The van der Waals surface area contributed by atoms with Crippen LogP contribution in [0.3, 0.4) is 0 Å². The molecule has 0 aromatic heterocycles. The van der Waals surface area contributed by atoms with Gasteiger partial charge in [0, 0.05) is 37.1 Å². The highest BCUT2D eigenvalue weighted by molar-refractivity contribution is 5.91. The number of nitro groups is 2. The van der Waals surface area contributed by atoms with Crippen molar-refractivity contribution in [3.05, 3.63) is 198 Å². The molecule has 14 nitrogen and oxygen atoms in total. The average molecular weight is 717 g/mol. The summed E-state index contributed by atoms with van der Waals surface area (Å²) < 4.78 is 0. The molecule has 0 bridgehead atoms. The number of hydrogen-bond acceptors (Lipinski definition) is 11. The number of carbonyl (C=O) groups excluding carboxylic acids is 1. The van der Waals surface area contributed by atoms with Gasteiger partial charge in [0.15, 0.2) is 11.7 Å². The number of hydrogen-bond donors (Lipinski definition) is 1. The monoisotopic (exact) mass is 716 g/mol. The van der Waals surface area contributed by atoms with Crippen LogP contribution >= 0.6 is 0 Å². The molecule has 0 saturated carbocycles. The summed E-state index contributed by atoms with van der Waals surface area (Å²) in [6, 6.07) is 27.2. The zero-order chi connectivity index (χ0) is 40.5. The normalized spacial score (nSPS) is 12.8. The maximum absolute atomic E-state index is 10.8. The van der Waals surface area contributed by atoms with Crippen molar-refractivity contribution in [3.63, 3.8) is 0 Å². The molecular formula is C40H28N8O6. The molecule has 0 fully saturated rings. The van der Waals surface area contributed by atoms with Crippen molar-refractivity contribution in [1.29, 1.82) is 26.3 Å². The van der Waals surface area contributed by atoms with Crippen LogP contribution in [0.1, 0.15) is 25.0 Å². The summed E-state index contributed by atoms with van der Waals surface area (Å²) in [7, 11) is 0. The summed E-state index contributed by atoms with van der Waals surface area (Å²) in [4.78, 5) is 33.4. The molecule has 0 aliphatic carbocycles. The standard InChI is InChI=1S/C29H16N6.C11H12N2O6/c1-35-27(21-34)29(23-13-7-3-8-14-23)25(18-31)16-10-4-9-15-24(17-30)28(26(19-32)20-33)22-11-5-2-6-12-22;1-8(14)10(12(16)17)6-4-3-5-7-11(9(2)15)13(18)19/h2-16,26H;3-7,14H,1-2H3/b10-4+,15-9+,25-16+,28-24-,29-27+;5-3+,6-4+,10-8+,11-7-. The summed E-state index contributed by atoms with van der Waals surface area (Å²) in [6.07, 6.45) is 13.3. The molecule has 0 aliphatic rings. The summed E-state index contributed by atoms with van der Waals surface area (Å²) in [5.74, 6) is -2.28. The first-order chi connectivity index (χ1) is 25.9. The predicted molar refractivity (Wildman–Crippen MR) is 198 cm³/mol. The number of Topliss-reactive ketones (excluding diaryl/α,β-unsaturated/α-hetero) is 1. The molecule has 0 atom stereocenters. The van der Waals surface area contributed by atoms with E-state index in [0.717, 1.165) is 26.0 Å². The summed E-state index contributed by atoms with van der Waals surface area (Å²) >= 11 is 0. The molecule has 0 radical (unpaired) electrons. The van der Waals surface area contributed by atoms with Crippen LogP contribution < -0.4 is 0 Å². The number of allylic oxidation sites excluding steroid dienone is 17. The van der Waals surface area contributed by atoms with Crippen LogP contribution in [0.2, 0.25) is 0 Å². The minimum Gasteiger partial charge on any atom is -0.506 e. The third kappa shape index (κ3) is 13.7. The van der Waals surface area contributed by atoms with E-state index in [4.69, 9.17) is 11.7 Å². The van der Waals surface area contributed by atoms with E-state index in [2.05, 4.69) is 4.85 Å². The van der Waals surface area contributed by atoms with Crippen LogP contribution in [0.15, 0.2) is 155 Å². The van der Waals surface area contributed by atoms with Gasteiger partial charge in [-0.05, 0) is 23.3 Å². The lowest BCUT2D eigenvalue weighted by Gasteiger charge is -2.09. The van der Waals surface area contributed by atoms with Crippen LogP contribution in [0.4, 0.5) is 0 Å². The van der Waals surface area contributed by atoms with Gasteiger partial charge in [0.05, 0.1) is 57.9 Å². The molecule has 2 aromatic carbocycles. The zero-order valence-electron chi connectivity index (χ0n) is 28.7. The van der Waals surface area contributed by atoms with Crippen molar-refractivity contribution < 1.29 is 19.7 Å². The first-order valence-electron chi connectivity index (χ1n) is 15.2. The molecule has 2 rings (SSSR count). The Kier molecular flexibility index (Phi) is 19.0. The minimum atomic E-state index is -1.12. The largest absolute Gasteiger partial charge is 0.506 e. The summed E-state index contributed by atoms with van der Waals surface area (Å²) in [5, 5.41) is 77.4. The SMILES string of the molecule is CC(=O)/C(=C/C=C/C=C/C(=C(/C)O)[N+](=O)[O-])[N+](=O)[O-].[C-]#[N+]/C(C#N)=C(/C(C#N)=C/C=C/C=C/C(C#N)=C(\c1ccccc1)C(C#N)C#N)c1ccccc1. The second-order valence-electron chi connectivity index (χ2n) is 10.1. The van der Waals surface area contributed by atoms with E-state index < -0.39 is 38.7 Å². The third-order valence-corrected chi connectivity index (χ3v) is 6.55. The lowest BCUT2D eigenvalue weighted by molar-refractivity contribution is -0.421. The number of ketones is 1. The summed E-state index contributed by atoms with van der Waals surface area (Å²) in [5.41, 5.74) is 0.704. The maximum Gasteiger partial charge on any atom is 0.311 e. The Bertz CT molecular complexity index is 2230. The van der Waals surface area contributed by atoms with Gasteiger partial charge in [-0.3, -0.25) is 25.0 Å². The van der Waals surface area contributed by atoms with Gasteiger partial charge < -0.3 is 5.11 Å². The number of benzene rings is 2. The fourth-order valence-electron chi connectivity index (χ4n) is 4.12. The van der Waals surface area contributed by atoms with Gasteiger partial charge in [-0.25, -0.2) is 10.1 Å². The van der Waals surface area contributed by atoms with Crippen molar-refractivity contribution in [2.24, 2.45) is 5.92 Å². The van der Waals surface area contributed by atoms with Crippen molar-refractivity contribution in [2.45, 2.75) is 13.8 Å². The Morgan fingerprint density at radius 2 is 1.30 bits per heavy atom. The molecule has 14 heteroatoms. The highest BCUT2D eigenvalue weighted by atomic mass is 16.6. The fraction of sp³-hybridized carbons (Fsp3) is 0.0750. The molecule has 2 aromatic rings. The van der Waals surface area contributed by atoms with Gasteiger partial charge in [-0.1, -0.05) is 97.1 Å². The number of carbonyl (C=O) groups is 1. The highest BCUT2D eigenvalue weighted by Gasteiger charge is 2.19. The number of nitriles is 5. The van der Waals surface area contributed by atoms with E-state index in [9.17, 15) is 51.3 Å². The van der Waals surface area contributed by atoms with Gasteiger partial charge in [-0.2, -0.15) is 21.0 Å². The van der Waals surface area contributed by atoms with Crippen LogP contribution in [-0.4, -0.2) is 20.7 Å². The lowest BCUT2D eigenvalue weighted by atomic mass is 9.90. The molecule has 54 heavy (non-hydrogen) atoms. The van der Waals surface area contributed by atoms with Crippen LogP contribution in [-0.2, 0) is 4.79 Å². The minimum absolute atomic E-state index is 0.128. The Balaban J connectivity index is 0.000000650. The molecule has 0 spiro atoms. The molecule has 264 valence electrons. The number of aliphatic hydroxyl groups is 1. The van der Waals surface area contributed by atoms with Gasteiger partial charge in [0.1, 0.15) is 0 Å². The van der Waals surface area contributed by atoms with Gasteiger partial charge in [0.25, 0.3) is 5.70 Å². The summed E-state index contributed by atoms with van der Waals surface area (Å²) in [6.45, 7) is 9.51. The molecule has 0 unspecified atom stereocenters. The number of nitrogens with zero attached hydrogens (tertiary/aromatic N) is 8. The van der Waals surface area contributed by atoms with Crippen molar-refractivity contribution >= 4 is 16.9 Å². The Morgan fingerprint density at radius 3 is 1.72 bits per heavy atom. The van der Waals surface area contributed by atoms with E-state index in [1.165, 1.54) is 30.4 Å². The second kappa shape index (κ2) is 23.6. The van der Waals surface area contributed by atoms with Gasteiger partial charge in [-0.15, -0.1) is 0 Å². The average Bonchev–Trinajstić information content (AvgIpc) is 3.16. The third-order valence-electron chi connectivity index (χ3n) is 6.55. The molecule has 0 heterocycles. The molecule has 1 N–H and O–H groups in total. The first-order valence-corrected chi connectivity index (χ1v) is 15.2. The quantitative estimate of drug-likeness (QED) is 0.0396. The van der Waals surface area contributed by atoms with E-state index in [-0.39, 0.29) is 22.4 Å². The molecule has 0 amide bonds. The van der Waals surface area contributed by atoms with Crippen molar-refractivity contribution in [1.82, 2.24) is 0 Å². The van der Waals surface area contributed by atoms with Crippen LogP contribution in [0, 0.1) is 89.4 Å². The zero-order valence-corrected chi connectivity index (χ0v) is 28.7. The van der Waals surface area contributed by atoms with Crippen molar-refractivity contribution in [3.8, 4) is 30.3 Å². The lowest BCUT2D eigenvalue weighted by Crippen LogP contribution is -2.06. The number of rotatable bonds is 13. The van der Waals surface area contributed by atoms with Gasteiger partial charge >= 0.3 is 11.4 Å². The first kappa shape index (κ1) is 43.3. The Morgan fingerprint density at radius 1 is 0.759 bits per heavy atom. The maximum atomic E-state index is 10.8. The topological polar surface area (TPSA) is 247 Å². The highest BCUT2D eigenvalue weighted by Crippen LogP contribution is 2.28. The molecule has 0 aliphatic heterocycles. The predicted octanol–water partition coefficient (Wildman–Crippen LogP) is 7.96. The van der Waals surface area contributed by atoms with E-state index in [0.29, 0.717) is 16.7 Å². The van der Waals surface area contributed by atoms with E-state index in [1.807, 2.05) is 30.3 Å². The van der Waals surface area contributed by atoms with Crippen LogP contribution in [0.5, 0.6) is 0 Å². The molecular weight excluding hydrogens is 688 g/mol. The number of aliphatic hydroxyl groups excluding tert-OH is 1. The molecule has 0 saturated heterocycles.